The third-order valence-electron chi connectivity index (χ3n) is 18.3. The van der Waals surface area contributed by atoms with Crippen molar-refractivity contribution in [1.82, 2.24) is 5.32 Å². The number of carbonyl (C=O) groups is 1. The van der Waals surface area contributed by atoms with Crippen molar-refractivity contribution in [2.75, 3.05) is 19.8 Å². The molecule has 0 bridgehead atoms. The molecule has 9 N–H and O–H groups in total. The average molecular weight is 1250 g/mol. The molecule has 0 radical (unpaired) electrons. The summed E-state index contributed by atoms with van der Waals surface area (Å²) in [7, 11) is 0. The molecule has 0 aromatic carbocycles. The van der Waals surface area contributed by atoms with Gasteiger partial charge in [-0.25, -0.2) is 0 Å². The van der Waals surface area contributed by atoms with Gasteiger partial charge in [0.2, 0.25) is 5.91 Å². The van der Waals surface area contributed by atoms with E-state index >= 15 is 0 Å². The standard InChI is InChI=1S/C74H139NO13/c1-3-5-7-9-11-13-15-17-19-21-23-25-27-28-29-30-31-32-33-34-36-38-40-42-44-46-48-50-52-54-56-58-66(79)75-62(61-85-73-71(84)69(82)72(65(60-77)87-73)88-74-70(83)68(81)67(80)64(59-76)86-74)63(78)57-55-53-51-49-47-45-43-41-39-37-35-26-24-22-20-18-16-14-12-10-8-6-4-2/h21,23,47,49,55,57,62-65,67-74,76-78,80-84H,3-20,22,24-46,48,50-54,56,58-61H2,1-2H3,(H,75,79)/b23-21-,49-47+,57-55+. The molecule has 2 aliphatic heterocycles. The Hall–Kier alpha value is -1.79. The maximum atomic E-state index is 13.3. The highest BCUT2D eigenvalue weighted by Crippen LogP contribution is 2.30. The number of hydrogen-bond acceptors (Lipinski definition) is 13. The summed E-state index contributed by atoms with van der Waals surface area (Å²) in [5.74, 6) is -0.242. The SMILES string of the molecule is CCCCCCCCCC/C=C\CCCCCCCCCCCCCCCCCCCCCC(=O)NC(COC1OC(CO)C(OC2OC(CO)C(O)C(O)C2O)C(O)C1O)C(O)/C=C/CC/C=C/CCCCCCCCCCCCCCCCCCC. The van der Waals surface area contributed by atoms with E-state index in [2.05, 4.69) is 43.5 Å². The molecule has 0 aromatic heterocycles. The molecular weight excluding hydrogens is 1110 g/mol. The summed E-state index contributed by atoms with van der Waals surface area (Å²) >= 11 is 0. The molecule has 88 heavy (non-hydrogen) atoms. The van der Waals surface area contributed by atoms with E-state index in [1.165, 1.54) is 270 Å². The zero-order valence-electron chi connectivity index (χ0n) is 56.5. The fourth-order valence-electron chi connectivity index (χ4n) is 12.4. The third-order valence-corrected chi connectivity index (χ3v) is 18.3. The van der Waals surface area contributed by atoms with E-state index in [9.17, 15) is 45.6 Å². The first-order chi connectivity index (χ1) is 43.1. The molecule has 0 saturated carbocycles. The molecule has 14 nitrogen and oxygen atoms in total. The summed E-state index contributed by atoms with van der Waals surface area (Å²) in [5.41, 5.74) is 0. The molecule has 0 spiro atoms. The van der Waals surface area contributed by atoms with Crippen molar-refractivity contribution < 1.29 is 64.6 Å². The monoisotopic (exact) mass is 1250 g/mol. The highest BCUT2D eigenvalue weighted by atomic mass is 16.7. The molecule has 2 aliphatic rings. The van der Waals surface area contributed by atoms with Gasteiger partial charge >= 0.3 is 0 Å². The normalized spacial score (nSPS) is 23.3. The zero-order valence-corrected chi connectivity index (χ0v) is 56.5. The van der Waals surface area contributed by atoms with Crippen molar-refractivity contribution in [3.63, 3.8) is 0 Å². The maximum Gasteiger partial charge on any atom is 0.220 e. The van der Waals surface area contributed by atoms with Gasteiger partial charge in [0.15, 0.2) is 12.6 Å². The Balaban J connectivity index is 1.65. The van der Waals surface area contributed by atoms with Gasteiger partial charge in [0.1, 0.15) is 48.8 Å². The second-order valence-electron chi connectivity index (χ2n) is 26.4. The highest BCUT2D eigenvalue weighted by molar-refractivity contribution is 5.76. The van der Waals surface area contributed by atoms with Gasteiger partial charge in [-0.15, -0.1) is 0 Å². The van der Waals surface area contributed by atoms with E-state index < -0.39 is 86.8 Å². The van der Waals surface area contributed by atoms with Gasteiger partial charge in [-0.2, -0.15) is 0 Å². The van der Waals surface area contributed by atoms with Gasteiger partial charge in [-0.1, -0.05) is 307 Å². The van der Waals surface area contributed by atoms with E-state index in [1.807, 2.05) is 6.08 Å². The molecule has 12 unspecified atom stereocenters. The predicted molar refractivity (Wildman–Crippen MR) is 360 cm³/mol. The number of carbonyl (C=O) groups excluding carboxylic acids is 1. The minimum Gasteiger partial charge on any atom is -0.394 e. The summed E-state index contributed by atoms with van der Waals surface area (Å²) in [6.45, 7) is 2.83. The minimum absolute atomic E-state index is 0.242. The minimum atomic E-state index is -1.79. The number of hydrogen-bond donors (Lipinski definition) is 9. The number of unbranched alkanes of at least 4 members (excludes halogenated alkanes) is 45. The van der Waals surface area contributed by atoms with Crippen LogP contribution in [0, 0.1) is 0 Å². The van der Waals surface area contributed by atoms with Crippen LogP contribution in [-0.2, 0) is 23.7 Å². The lowest BCUT2D eigenvalue weighted by Gasteiger charge is -2.46. The molecular formula is C74H139NO13. The number of amides is 1. The molecule has 14 heteroatoms. The van der Waals surface area contributed by atoms with Crippen LogP contribution in [0.4, 0.5) is 0 Å². The lowest BCUT2D eigenvalue weighted by Crippen LogP contribution is -2.65. The van der Waals surface area contributed by atoms with Crippen LogP contribution in [-0.4, -0.2) is 140 Å². The Morgan fingerprint density at radius 3 is 1.11 bits per heavy atom. The fourth-order valence-corrected chi connectivity index (χ4v) is 12.4. The molecule has 0 aromatic rings. The summed E-state index contributed by atoms with van der Waals surface area (Å²) in [6.07, 6.45) is 59.3. The fraction of sp³-hybridized carbons (Fsp3) is 0.905. The van der Waals surface area contributed by atoms with Crippen LogP contribution in [0.5, 0.6) is 0 Å². The first kappa shape index (κ1) is 82.3. The van der Waals surface area contributed by atoms with Crippen LogP contribution in [0.3, 0.4) is 0 Å². The lowest BCUT2D eigenvalue weighted by atomic mass is 9.97. The van der Waals surface area contributed by atoms with Gasteiger partial charge < -0.3 is 65.1 Å². The maximum absolute atomic E-state index is 13.3. The van der Waals surface area contributed by atoms with Crippen molar-refractivity contribution in [3.8, 4) is 0 Å². The third kappa shape index (κ3) is 42.4. The Bertz CT molecular complexity index is 1620. The molecule has 2 heterocycles. The Morgan fingerprint density at radius 2 is 0.727 bits per heavy atom. The van der Waals surface area contributed by atoms with Gasteiger partial charge in [0.25, 0.3) is 0 Å². The Labute approximate surface area is 538 Å². The predicted octanol–water partition coefficient (Wildman–Crippen LogP) is 15.7. The van der Waals surface area contributed by atoms with E-state index in [1.54, 1.807) is 6.08 Å². The number of aliphatic hydroxyl groups excluding tert-OH is 8. The number of nitrogens with one attached hydrogen (secondary N) is 1. The lowest BCUT2D eigenvalue weighted by molar-refractivity contribution is -0.359. The van der Waals surface area contributed by atoms with Gasteiger partial charge in [-0.3, -0.25) is 4.79 Å². The molecule has 1 amide bonds. The summed E-state index contributed by atoms with van der Waals surface area (Å²) in [5, 5.41) is 87.5. The Kier molecular flexibility index (Phi) is 55.2. The summed E-state index contributed by atoms with van der Waals surface area (Å²) in [4.78, 5) is 13.3. The first-order valence-electron chi connectivity index (χ1n) is 37.2. The second-order valence-corrected chi connectivity index (χ2v) is 26.4. The smallest absolute Gasteiger partial charge is 0.220 e. The number of ether oxygens (including phenoxy) is 4. The highest BCUT2D eigenvalue weighted by Gasteiger charge is 2.51. The summed E-state index contributed by atoms with van der Waals surface area (Å²) < 4.78 is 22.9. The molecule has 2 fully saturated rings. The molecule has 518 valence electrons. The van der Waals surface area contributed by atoms with Gasteiger partial charge in [-0.05, 0) is 57.8 Å². The van der Waals surface area contributed by atoms with Crippen LogP contribution in [0.2, 0.25) is 0 Å². The zero-order chi connectivity index (χ0) is 63.8. The number of rotatable bonds is 62. The molecule has 0 aliphatic carbocycles. The number of aliphatic hydroxyl groups is 8. The molecule has 2 saturated heterocycles. The van der Waals surface area contributed by atoms with Gasteiger partial charge in [0, 0.05) is 6.42 Å². The molecule has 12 atom stereocenters. The van der Waals surface area contributed by atoms with E-state index in [0.717, 1.165) is 32.1 Å². The van der Waals surface area contributed by atoms with Crippen molar-refractivity contribution in [2.24, 2.45) is 0 Å². The van der Waals surface area contributed by atoms with Crippen molar-refractivity contribution in [3.05, 3.63) is 36.5 Å². The van der Waals surface area contributed by atoms with Crippen LogP contribution in [0.15, 0.2) is 36.5 Å². The van der Waals surface area contributed by atoms with Crippen molar-refractivity contribution >= 4 is 5.91 Å². The van der Waals surface area contributed by atoms with Crippen LogP contribution in [0.1, 0.15) is 335 Å². The average Bonchev–Trinajstić information content (AvgIpc) is 3.10. The number of allylic oxidation sites excluding steroid dienone is 5. The Morgan fingerprint density at radius 1 is 0.398 bits per heavy atom. The largest absolute Gasteiger partial charge is 0.394 e. The quantitative estimate of drug-likeness (QED) is 0.0204. The van der Waals surface area contributed by atoms with Crippen molar-refractivity contribution in [2.45, 2.75) is 408 Å². The van der Waals surface area contributed by atoms with Crippen LogP contribution < -0.4 is 5.32 Å². The van der Waals surface area contributed by atoms with Gasteiger partial charge in [0.05, 0.1) is 32.0 Å². The topological polar surface area (TPSA) is 228 Å². The molecule has 2 rings (SSSR count). The van der Waals surface area contributed by atoms with Crippen LogP contribution in [0.25, 0.3) is 0 Å². The van der Waals surface area contributed by atoms with E-state index in [0.29, 0.717) is 12.8 Å². The van der Waals surface area contributed by atoms with Crippen LogP contribution >= 0.6 is 0 Å². The van der Waals surface area contributed by atoms with Crippen molar-refractivity contribution in [1.29, 1.82) is 0 Å². The van der Waals surface area contributed by atoms with E-state index in [-0.39, 0.29) is 18.9 Å². The second kappa shape index (κ2) is 59.0. The summed E-state index contributed by atoms with van der Waals surface area (Å²) in [6, 6.07) is -0.931. The van der Waals surface area contributed by atoms with E-state index in [4.69, 9.17) is 18.9 Å². The first-order valence-corrected chi connectivity index (χ1v) is 37.2.